The highest BCUT2D eigenvalue weighted by Crippen LogP contribution is 1.82. The van der Waals surface area contributed by atoms with Crippen LogP contribution in [0.3, 0.4) is 0 Å². The highest BCUT2D eigenvalue weighted by atomic mass is 28.2. The normalized spacial score (nSPS) is 23.6. The van der Waals surface area contributed by atoms with Gasteiger partial charge in [-0.25, -0.2) is 5.01 Å². The molecule has 1 aliphatic rings. The van der Waals surface area contributed by atoms with Crippen molar-refractivity contribution in [2.24, 2.45) is 0 Å². The van der Waals surface area contributed by atoms with Gasteiger partial charge in [0.1, 0.15) is 0 Å². The van der Waals surface area contributed by atoms with Crippen molar-refractivity contribution in [3.05, 3.63) is 0 Å². The van der Waals surface area contributed by atoms with Crippen molar-refractivity contribution in [3.63, 3.8) is 0 Å². The molecule has 0 amide bonds. The number of piperazine rings is 1. The van der Waals surface area contributed by atoms with Gasteiger partial charge in [0.15, 0.2) is 10.4 Å². The lowest BCUT2D eigenvalue weighted by atomic mass is 10.4. The highest BCUT2D eigenvalue weighted by Gasteiger charge is 2.04. The van der Waals surface area contributed by atoms with Gasteiger partial charge in [-0.1, -0.05) is 0 Å². The van der Waals surface area contributed by atoms with E-state index in [-0.39, 0.29) is 0 Å². The van der Waals surface area contributed by atoms with Gasteiger partial charge in [-0.05, 0) is 0 Å². The molecule has 3 radical (unpaired) electrons. The summed E-state index contributed by atoms with van der Waals surface area (Å²) in [5.41, 5.74) is 0. The third-order valence-corrected chi connectivity index (χ3v) is 1.59. The molecule has 1 fully saturated rings. The van der Waals surface area contributed by atoms with Gasteiger partial charge in [-0.15, -0.1) is 0 Å². The van der Waals surface area contributed by atoms with Crippen LogP contribution < -0.4 is 10.4 Å². The molecule has 8 heavy (non-hydrogen) atoms. The molecule has 1 heterocycles. The van der Waals surface area contributed by atoms with Crippen LogP contribution in [0.4, 0.5) is 0 Å². The lowest BCUT2D eigenvalue weighted by Crippen LogP contribution is -2.49. The standard InChI is InChI=1S/C4H10N3Si/c8-6-7-3-1-5-2-4-7/h5-6H,1-4H2. The predicted molar refractivity (Wildman–Crippen MR) is 33.3 cm³/mol. The summed E-state index contributed by atoms with van der Waals surface area (Å²) in [5, 5.41) is 8.27. The van der Waals surface area contributed by atoms with Gasteiger partial charge in [0.25, 0.3) is 0 Å². The molecule has 0 aromatic rings. The monoisotopic (exact) mass is 128 g/mol. The summed E-state index contributed by atoms with van der Waals surface area (Å²) in [5.74, 6) is 0. The van der Waals surface area contributed by atoms with E-state index in [0.29, 0.717) is 0 Å². The largest absolute Gasteiger partial charge is 0.314 e. The summed E-state index contributed by atoms with van der Waals surface area (Å²) >= 11 is 0. The molecule has 1 rings (SSSR count). The zero-order chi connectivity index (χ0) is 5.82. The van der Waals surface area contributed by atoms with Crippen molar-refractivity contribution in [1.29, 1.82) is 0 Å². The van der Waals surface area contributed by atoms with Crippen molar-refractivity contribution in [1.82, 2.24) is 15.4 Å². The first-order chi connectivity index (χ1) is 3.93. The quantitative estimate of drug-likeness (QED) is 0.420. The van der Waals surface area contributed by atoms with Crippen molar-refractivity contribution in [2.75, 3.05) is 26.2 Å². The van der Waals surface area contributed by atoms with Crippen LogP contribution in [-0.4, -0.2) is 41.6 Å². The lowest BCUT2D eigenvalue weighted by molar-refractivity contribution is 0.215. The molecular formula is C4H10N3Si. The smallest absolute Gasteiger partial charge is 0.162 e. The molecule has 0 unspecified atom stereocenters. The van der Waals surface area contributed by atoms with Crippen LogP contribution in [0.2, 0.25) is 0 Å². The first-order valence-corrected chi connectivity index (χ1v) is 3.31. The van der Waals surface area contributed by atoms with E-state index in [1.54, 1.807) is 0 Å². The van der Waals surface area contributed by atoms with Gasteiger partial charge in [0.05, 0.1) is 0 Å². The molecule has 1 saturated heterocycles. The second-order valence-corrected chi connectivity index (χ2v) is 2.07. The predicted octanol–water partition coefficient (Wildman–Crippen LogP) is -1.52. The maximum atomic E-state index is 3.25. The van der Waals surface area contributed by atoms with E-state index in [1.807, 2.05) is 0 Å². The molecule has 1 aliphatic heterocycles. The van der Waals surface area contributed by atoms with Crippen LogP contribution in [0.25, 0.3) is 0 Å². The fourth-order valence-corrected chi connectivity index (χ4v) is 1.00. The molecule has 0 aromatic heterocycles. The molecule has 0 aromatic carbocycles. The molecular weight excluding hydrogens is 118 g/mol. The first kappa shape index (κ1) is 6.22. The summed E-state index contributed by atoms with van der Waals surface area (Å²) in [6.07, 6.45) is 0. The summed E-state index contributed by atoms with van der Waals surface area (Å²) in [6.45, 7) is 4.31. The summed E-state index contributed by atoms with van der Waals surface area (Å²) in [7, 11) is 3.20. The van der Waals surface area contributed by atoms with E-state index in [4.69, 9.17) is 0 Å². The minimum Gasteiger partial charge on any atom is -0.314 e. The van der Waals surface area contributed by atoms with E-state index in [2.05, 4.69) is 25.8 Å². The Morgan fingerprint density at radius 1 is 1.38 bits per heavy atom. The van der Waals surface area contributed by atoms with Gasteiger partial charge >= 0.3 is 0 Å². The zero-order valence-electron chi connectivity index (χ0n) is 4.78. The molecule has 0 spiro atoms. The molecule has 0 aliphatic carbocycles. The molecule has 0 atom stereocenters. The number of hydrogen-bond acceptors (Lipinski definition) is 3. The van der Waals surface area contributed by atoms with Crippen LogP contribution in [-0.2, 0) is 0 Å². The Bertz CT molecular complexity index is 62.3. The maximum Gasteiger partial charge on any atom is 0.162 e. The van der Waals surface area contributed by atoms with Crippen molar-refractivity contribution < 1.29 is 0 Å². The zero-order valence-corrected chi connectivity index (χ0v) is 5.78. The Morgan fingerprint density at radius 3 is 2.38 bits per heavy atom. The highest BCUT2D eigenvalue weighted by molar-refractivity contribution is 6.03. The second-order valence-electron chi connectivity index (χ2n) is 1.85. The third kappa shape index (κ3) is 1.55. The topological polar surface area (TPSA) is 27.3 Å². The number of nitrogens with zero attached hydrogens (tertiary/aromatic N) is 1. The average molecular weight is 128 g/mol. The van der Waals surface area contributed by atoms with Crippen LogP contribution in [0.1, 0.15) is 0 Å². The third-order valence-electron chi connectivity index (χ3n) is 1.28. The molecule has 0 saturated carbocycles. The summed E-state index contributed by atoms with van der Waals surface area (Å²) in [4.78, 5) is 0. The fourth-order valence-electron chi connectivity index (χ4n) is 0.777. The minimum absolute atomic E-state index is 1.07. The van der Waals surface area contributed by atoms with E-state index < -0.39 is 0 Å². The van der Waals surface area contributed by atoms with Gasteiger partial charge in [0.2, 0.25) is 0 Å². The first-order valence-electron chi connectivity index (χ1n) is 2.81. The van der Waals surface area contributed by atoms with E-state index in [9.17, 15) is 0 Å². The molecule has 45 valence electrons. The Kier molecular flexibility index (Phi) is 2.48. The number of hydrazine groups is 1. The number of hydrogen-bond donors (Lipinski definition) is 2. The van der Waals surface area contributed by atoms with Gasteiger partial charge in [-0.2, -0.15) is 0 Å². The average Bonchev–Trinajstić information content (AvgIpc) is 1.90. The molecule has 3 nitrogen and oxygen atoms in total. The molecule has 0 bridgehead atoms. The fraction of sp³-hybridized carbons (Fsp3) is 1.00. The molecule has 4 heteroatoms. The molecule has 2 N–H and O–H groups in total. The number of rotatable bonds is 1. The van der Waals surface area contributed by atoms with E-state index >= 15 is 0 Å². The maximum absolute atomic E-state index is 3.25. The summed E-state index contributed by atoms with van der Waals surface area (Å²) < 4.78 is 0. The minimum atomic E-state index is 1.07. The van der Waals surface area contributed by atoms with Crippen LogP contribution >= 0.6 is 0 Å². The Morgan fingerprint density at radius 2 is 2.00 bits per heavy atom. The van der Waals surface area contributed by atoms with Crippen molar-refractivity contribution in [3.8, 4) is 0 Å². The second kappa shape index (κ2) is 3.19. The van der Waals surface area contributed by atoms with Gasteiger partial charge < -0.3 is 5.32 Å². The van der Waals surface area contributed by atoms with Crippen LogP contribution in [0, 0.1) is 0 Å². The van der Waals surface area contributed by atoms with Crippen LogP contribution in [0.5, 0.6) is 0 Å². The van der Waals surface area contributed by atoms with Crippen LogP contribution in [0.15, 0.2) is 0 Å². The Labute approximate surface area is 52.9 Å². The Hall–Kier alpha value is 0.0969. The summed E-state index contributed by atoms with van der Waals surface area (Å²) in [6, 6.07) is 0. The van der Waals surface area contributed by atoms with E-state index in [0.717, 1.165) is 26.2 Å². The lowest BCUT2D eigenvalue weighted by Gasteiger charge is -2.25. The van der Waals surface area contributed by atoms with Crippen molar-refractivity contribution in [2.45, 2.75) is 0 Å². The van der Waals surface area contributed by atoms with Gasteiger partial charge in [0, 0.05) is 26.2 Å². The van der Waals surface area contributed by atoms with E-state index in [1.165, 1.54) is 0 Å². The SMILES string of the molecule is [Si]NN1CCNCC1. The number of nitrogens with one attached hydrogen (secondary N) is 2. The van der Waals surface area contributed by atoms with Gasteiger partial charge in [-0.3, -0.25) is 5.09 Å². The van der Waals surface area contributed by atoms with Crippen molar-refractivity contribution >= 4 is 10.4 Å². The Balaban J connectivity index is 2.13.